The highest BCUT2D eigenvalue weighted by Gasteiger charge is 2.15. The van der Waals surface area contributed by atoms with E-state index in [4.69, 9.17) is 5.11 Å². The van der Waals surface area contributed by atoms with Crippen LogP contribution >= 0.6 is 0 Å². The first-order valence-electron chi connectivity index (χ1n) is 5.65. The molecule has 0 saturated heterocycles. The fourth-order valence-corrected chi connectivity index (χ4v) is 1.65. The fourth-order valence-electron chi connectivity index (χ4n) is 1.65. The molecule has 0 spiro atoms. The van der Waals surface area contributed by atoms with Crippen LogP contribution in [0.25, 0.3) is 0 Å². The van der Waals surface area contributed by atoms with E-state index in [1.165, 1.54) is 30.3 Å². The first-order chi connectivity index (χ1) is 9.08. The number of phenols is 3. The summed E-state index contributed by atoms with van der Waals surface area (Å²) < 4.78 is 0. The summed E-state index contributed by atoms with van der Waals surface area (Å²) in [7, 11) is 0. The van der Waals surface area contributed by atoms with Gasteiger partial charge in [-0.3, -0.25) is 4.79 Å². The van der Waals surface area contributed by atoms with E-state index in [2.05, 4.69) is 5.32 Å². The zero-order valence-corrected chi connectivity index (χ0v) is 10.00. The number of hydrogen-bond acceptors (Lipinski definition) is 4. The molecule has 1 amide bonds. The predicted molar refractivity (Wildman–Crippen MR) is 69.0 cm³/mol. The summed E-state index contributed by atoms with van der Waals surface area (Å²) in [5.74, 6) is -0.969. The number of benzene rings is 2. The summed E-state index contributed by atoms with van der Waals surface area (Å²) in [5, 5.41) is 30.8. The molecule has 0 atom stereocenters. The number of nitrogens with one attached hydrogen (secondary N) is 1. The minimum atomic E-state index is -0.566. The molecule has 98 valence electrons. The molecule has 5 heteroatoms. The van der Waals surface area contributed by atoms with Crippen molar-refractivity contribution in [2.75, 3.05) is 0 Å². The number of hydrogen-bond donors (Lipinski definition) is 4. The molecule has 0 saturated carbocycles. The lowest BCUT2D eigenvalue weighted by Gasteiger charge is -2.08. The first kappa shape index (κ1) is 12.8. The summed E-state index contributed by atoms with van der Waals surface area (Å²) in [5.41, 5.74) is 0.641. The van der Waals surface area contributed by atoms with Crippen molar-refractivity contribution in [2.45, 2.75) is 6.54 Å². The van der Waals surface area contributed by atoms with Crippen molar-refractivity contribution in [1.29, 1.82) is 0 Å². The maximum absolute atomic E-state index is 11.8. The molecule has 2 aromatic rings. The van der Waals surface area contributed by atoms with Crippen molar-refractivity contribution in [2.24, 2.45) is 0 Å². The SMILES string of the molecule is O=C(NCc1ccc(O)cc1)c1c(O)cccc1O. The molecule has 0 heterocycles. The maximum atomic E-state index is 11.8. The molecule has 2 rings (SSSR count). The quantitative estimate of drug-likeness (QED) is 0.675. The Morgan fingerprint density at radius 2 is 1.53 bits per heavy atom. The minimum absolute atomic E-state index is 0.147. The molecule has 2 aromatic carbocycles. The second kappa shape index (κ2) is 5.30. The van der Waals surface area contributed by atoms with Gasteiger partial charge in [-0.2, -0.15) is 0 Å². The number of carbonyl (C=O) groups is 1. The van der Waals surface area contributed by atoms with Crippen LogP contribution in [0.15, 0.2) is 42.5 Å². The Kier molecular flexibility index (Phi) is 3.56. The van der Waals surface area contributed by atoms with Crippen LogP contribution in [-0.4, -0.2) is 21.2 Å². The van der Waals surface area contributed by atoms with Gasteiger partial charge in [-0.1, -0.05) is 18.2 Å². The Labute approximate surface area is 109 Å². The van der Waals surface area contributed by atoms with E-state index in [1.807, 2.05) is 0 Å². The highest BCUT2D eigenvalue weighted by atomic mass is 16.3. The molecule has 0 unspecified atom stereocenters. The first-order valence-corrected chi connectivity index (χ1v) is 5.65. The third-order valence-corrected chi connectivity index (χ3v) is 2.64. The number of phenolic OH excluding ortho intramolecular Hbond substituents is 3. The topological polar surface area (TPSA) is 89.8 Å². The Morgan fingerprint density at radius 1 is 0.947 bits per heavy atom. The minimum Gasteiger partial charge on any atom is -0.508 e. The van der Waals surface area contributed by atoms with Crippen molar-refractivity contribution in [3.8, 4) is 17.2 Å². The van der Waals surface area contributed by atoms with Crippen molar-refractivity contribution in [3.05, 3.63) is 53.6 Å². The van der Waals surface area contributed by atoms with Gasteiger partial charge in [0.25, 0.3) is 5.91 Å². The van der Waals surface area contributed by atoms with Gasteiger partial charge in [-0.05, 0) is 29.8 Å². The largest absolute Gasteiger partial charge is 0.508 e. The van der Waals surface area contributed by atoms with Crippen molar-refractivity contribution < 1.29 is 20.1 Å². The molecule has 0 bridgehead atoms. The predicted octanol–water partition coefficient (Wildman–Crippen LogP) is 1.73. The van der Waals surface area contributed by atoms with E-state index in [9.17, 15) is 15.0 Å². The number of carbonyl (C=O) groups excluding carboxylic acids is 1. The van der Waals surface area contributed by atoms with Gasteiger partial charge in [0.05, 0.1) is 0 Å². The maximum Gasteiger partial charge on any atom is 0.259 e. The normalized spacial score (nSPS) is 10.1. The van der Waals surface area contributed by atoms with Crippen molar-refractivity contribution in [1.82, 2.24) is 5.32 Å². The van der Waals surface area contributed by atoms with Crippen LogP contribution in [0.5, 0.6) is 17.2 Å². The molecule has 0 fully saturated rings. The van der Waals surface area contributed by atoms with Gasteiger partial charge in [-0.25, -0.2) is 0 Å². The van der Waals surface area contributed by atoms with Gasteiger partial charge in [0.15, 0.2) is 0 Å². The van der Waals surface area contributed by atoms with E-state index in [0.717, 1.165) is 5.56 Å². The Hall–Kier alpha value is -2.69. The smallest absolute Gasteiger partial charge is 0.259 e. The summed E-state index contributed by atoms with van der Waals surface area (Å²) in [6, 6.07) is 10.5. The van der Waals surface area contributed by atoms with Gasteiger partial charge in [-0.15, -0.1) is 0 Å². The fraction of sp³-hybridized carbons (Fsp3) is 0.0714. The number of amides is 1. The molecule has 0 aliphatic heterocycles. The molecular formula is C14H13NO4. The number of aromatic hydroxyl groups is 3. The third kappa shape index (κ3) is 2.95. The highest BCUT2D eigenvalue weighted by molar-refractivity contribution is 5.99. The molecular weight excluding hydrogens is 246 g/mol. The lowest BCUT2D eigenvalue weighted by molar-refractivity contribution is 0.0945. The lowest BCUT2D eigenvalue weighted by atomic mass is 10.1. The summed E-state index contributed by atoms with van der Waals surface area (Å²) >= 11 is 0. The second-order valence-corrected chi connectivity index (χ2v) is 4.02. The van der Waals surface area contributed by atoms with E-state index in [-0.39, 0.29) is 29.4 Å². The zero-order valence-electron chi connectivity index (χ0n) is 10.00. The summed E-state index contributed by atoms with van der Waals surface area (Å²) in [4.78, 5) is 11.8. The van der Waals surface area contributed by atoms with Crippen LogP contribution in [-0.2, 0) is 6.54 Å². The Balaban J connectivity index is 2.07. The zero-order chi connectivity index (χ0) is 13.8. The van der Waals surface area contributed by atoms with Crippen LogP contribution in [0.3, 0.4) is 0 Å². The van der Waals surface area contributed by atoms with Crippen LogP contribution in [0.2, 0.25) is 0 Å². The molecule has 0 aromatic heterocycles. The van der Waals surface area contributed by atoms with E-state index in [1.54, 1.807) is 12.1 Å². The van der Waals surface area contributed by atoms with Crippen molar-refractivity contribution in [3.63, 3.8) is 0 Å². The Morgan fingerprint density at radius 3 is 2.11 bits per heavy atom. The average molecular weight is 259 g/mol. The van der Waals surface area contributed by atoms with Gasteiger partial charge in [0, 0.05) is 6.54 Å². The van der Waals surface area contributed by atoms with Gasteiger partial charge in [0.2, 0.25) is 0 Å². The molecule has 5 nitrogen and oxygen atoms in total. The highest BCUT2D eigenvalue weighted by Crippen LogP contribution is 2.25. The number of rotatable bonds is 3. The third-order valence-electron chi connectivity index (χ3n) is 2.64. The van der Waals surface area contributed by atoms with Crippen LogP contribution in [0.1, 0.15) is 15.9 Å². The lowest BCUT2D eigenvalue weighted by Crippen LogP contribution is -2.22. The van der Waals surface area contributed by atoms with Gasteiger partial charge >= 0.3 is 0 Å². The monoisotopic (exact) mass is 259 g/mol. The van der Waals surface area contributed by atoms with Crippen LogP contribution in [0, 0.1) is 0 Å². The molecule has 0 radical (unpaired) electrons. The Bertz CT molecular complexity index is 573. The van der Waals surface area contributed by atoms with E-state index in [0.29, 0.717) is 0 Å². The second-order valence-electron chi connectivity index (χ2n) is 4.02. The molecule has 4 N–H and O–H groups in total. The van der Waals surface area contributed by atoms with Crippen molar-refractivity contribution >= 4 is 5.91 Å². The van der Waals surface area contributed by atoms with Gasteiger partial charge < -0.3 is 20.6 Å². The van der Waals surface area contributed by atoms with E-state index < -0.39 is 5.91 Å². The molecule has 0 aliphatic carbocycles. The average Bonchev–Trinajstić information content (AvgIpc) is 2.38. The molecule has 19 heavy (non-hydrogen) atoms. The van der Waals surface area contributed by atoms with E-state index >= 15 is 0 Å². The van der Waals surface area contributed by atoms with Crippen LogP contribution < -0.4 is 5.32 Å². The molecule has 0 aliphatic rings. The summed E-state index contributed by atoms with van der Waals surface area (Å²) in [6.07, 6.45) is 0. The van der Waals surface area contributed by atoms with Gasteiger partial charge in [0.1, 0.15) is 22.8 Å². The summed E-state index contributed by atoms with van der Waals surface area (Å²) in [6.45, 7) is 0.229. The standard InChI is InChI=1S/C14H13NO4/c16-10-6-4-9(5-7-10)8-15-14(19)13-11(17)2-1-3-12(13)18/h1-7,16-18H,8H2,(H,15,19). The van der Waals surface area contributed by atoms with Crippen LogP contribution in [0.4, 0.5) is 0 Å².